The summed E-state index contributed by atoms with van der Waals surface area (Å²) in [4.78, 5) is 6.00. The molecule has 0 bridgehead atoms. The Morgan fingerprint density at radius 2 is 1.74 bits per heavy atom. The lowest BCUT2D eigenvalue weighted by molar-refractivity contribution is 0.566. The molecule has 1 aliphatic rings. The van der Waals surface area contributed by atoms with E-state index in [-0.39, 0.29) is 6.17 Å². The molecule has 0 aliphatic carbocycles. The van der Waals surface area contributed by atoms with Crippen LogP contribution in [0.2, 0.25) is 0 Å². The smallest absolute Gasteiger partial charge is 0.0973 e. The second-order valence-electron chi connectivity index (χ2n) is 9.13. The average molecular weight is 469 g/mol. The summed E-state index contributed by atoms with van der Waals surface area (Å²) in [5.74, 6) is 1.30. The Morgan fingerprint density at radius 3 is 2.41 bits per heavy atom. The van der Waals surface area contributed by atoms with Gasteiger partial charge in [-0.3, -0.25) is 0 Å². The number of nitrogens with zero attached hydrogens (tertiary/aromatic N) is 2. The zero-order valence-corrected chi connectivity index (χ0v) is 20.7. The highest BCUT2D eigenvalue weighted by molar-refractivity contribution is 7.16. The number of rotatable bonds is 8. The summed E-state index contributed by atoms with van der Waals surface area (Å²) in [6.45, 7) is 7.47. The van der Waals surface area contributed by atoms with Crippen molar-refractivity contribution in [3.63, 3.8) is 0 Å². The third-order valence-electron chi connectivity index (χ3n) is 6.24. The Hall–Kier alpha value is -3.15. The first-order valence-electron chi connectivity index (χ1n) is 11.9. The number of amidine groups is 1. The van der Waals surface area contributed by atoms with Crippen LogP contribution in [0.4, 0.5) is 5.00 Å². The minimum Gasteiger partial charge on any atom is -0.472 e. The molecule has 5 heteroatoms. The topological polar surface area (TPSA) is 51.6 Å². The van der Waals surface area contributed by atoms with E-state index < -0.39 is 0 Å². The monoisotopic (exact) mass is 468 g/mol. The van der Waals surface area contributed by atoms with Crippen LogP contribution in [0, 0.1) is 6.92 Å². The molecule has 4 nitrogen and oxygen atoms in total. The summed E-state index contributed by atoms with van der Waals surface area (Å²) in [5.41, 5.74) is 7.37. The van der Waals surface area contributed by atoms with E-state index in [0.29, 0.717) is 5.92 Å². The van der Waals surface area contributed by atoms with Gasteiger partial charge in [0.1, 0.15) is 0 Å². The fraction of sp³-hybridized carbons (Fsp3) is 0.276. The molecule has 0 fully saturated rings. The minimum atomic E-state index is -0.0708. The first-order valence-corrected chi connectivity index (χ1v) is 12.7. The van der Waals surface area contributed by atoms with Gasteiger partial charge in [0.15, 0.2) is 0 Å². The number of fused-ring (bicyclic) bond motifs is 1. The molecule has 1 atom stereocenters. The fourth-order valence-electron chi connectivity index (χ4n) is 4.26. The van der Waals surface area contributed by atoms with E-state index >= 15 is 0 Å². The van der Waals surface area contributed by atoms with Gasteiger partial charge in [0.25, 0.3) is 0 Å². The van der Waals surface area contributed by atoms with E-state index in [9.17, 15) is 0 Å². The van der Waals surface area contributed by atoms with Crippen molar-refractivity contribution >= 4 is 22.2 Å². The van der Waals surface area contributed by atoms with Crippen molar-refractivity contribution in [3.8, 4) is 11.1 Å². The van der Waals surface area contributed by atoms with Gasteiger partial charge in [-0.1, -0.05) is 62.4 Å². The molecular weight excluding hydrogens is 438 g/mol. The van der Waals surface area contributed by atoms with Gasteiger partial charge in [0.2, 0.25) is 0 Å². The zero-order chi connectivity index (χ0) is 23.5. The van der Waals surface area contributed by atoms with Crippen LogP contribution >= 0.6 is 11.3 Å². The predicted octanol–water partition coefficient (Wildman–Crippen LogP) is 8.13. The largest absolute Gasteiger partial charge is 0.472 e. The lowest BCUT2D eigenvalue weighted by Crippen LogP contribution is -2.25. The maximum atomic E-state index is 5.24. The van der Waals surface area contributed by atoms with Crippen molar-refractivity contribution in [3.05, 3.63) is 106 Å². The van der Waals surface area contributed by atoms with Crippen molar-refractivity contribution < 1.29 is 4.42 Å². The van der Waals surface area contributed by atoms with Gasteiger partial charge in [0.05, 0.1) is 12.5 Å². The highest BCUT2D eigenvalue weighted by atomic mass is 32.1. The summed E-state index contributed by atoms with van der Waals surface area (Å²) in [6, 6.07) is 22.0. The normalized spacial score (nSPS) is 15.2. The molecule has 1 N–H and O–H groups in total. The Bertz CT molecular complexity index is 1250. The lowest BCUT2D eigenvalue weighted by atomic mass is 9.98. The van der Waals surface area contributed by atoms with Gasteiger partial charge in [0, 0.05) is 21.6 Å². The van der Waals surface area contributed by atoms with Gasteiger partial charge in [-0.15, -0.1) is 11.3 Å². The predicted molar refractivity (Wildman–Crippen MR) is 142 cm³/mol. The van der Waals surface area contributed by atoms with Crippen LogP contribution in [0.3, 0.4) is 0 Å². The van der Waals surface area contributed by atoms with E-state index in [0.717, 1.165) is 35.8 Å². The highest BCUT2D eigenvalue weighted by Crippen LogP contribution is 2.41. The van der Waals surface area contributed by atoms with Gasteiger partial charge >= 0.3 is 0 Å². The van der Waals surface area contributed by atoms with E-state index in [4.69, 9.17) is 14.7 Å². The summed E-state index contributed by atoms with van der Waals surface area (Å²) in [7, 11) is 0. The van der Waals surface area contributed by atoms with Gasteiger partial charge in [-0.05, 0) is 78.0 Å². The number of hydrogen-bond donors (Lipinski definition) is 1. The zero-order valence-electron chi connectivity index (χ0n) is 19.9. The first kappa shape index (κ1) is 22.6. The van der Waals surface area contributed by atoms with Gasteiger partial charge < -0.3 is 20.0 Å². The molecule has 0 amide bonds. The van der Waals surface area contributed by atoms with Crippen molar-refractivity contribution in [2.45, 2.75) is 45.7 Å². The quantitative estimate of drug-likeness (QED) is 0.265. The molecule has 0 saturated heterocycles. The number of aryl methyl sites for hydroxylation is 2. The van der Waals surface area contributed by atoms with E-state index in [1.54, 1.807) is 23.9 Å². The first-order chi connectivity index (χ1) is 16.6. The Labute approximate surface area is 205 Å². The Balaban J connectivity index is 1.17. The maximum absolute atomic E-state index is 5.24. The van der Waals surface area contributed by atoms with Gasteiger partial charge in [-0.25, -0.2) is 0 Å². The van der Waals surface area contributed by atoms with Gasteiger partial charge in [-0.2, -0.15) is 0 Å². The van der Waals surface area contributed by atoms with Crippen LogP contribution in [0.25, 0.3) is 16.4 Å². The molecule has 3 heterocycles. The number of aliphatic imine (C=N–C) groups is 1. The van der Waals surface area contributed by atoms with Crippen LogP contribution in [0.5, 0.6) is 0 Å². The fourth-order valence-corrected chi connectivity index (χ4v) is 5.18. The molecule has 34 heavy (non-hydrogen) atoms. The minimum absolute atomic E-state index is 0.0708. The molecule has 4 aromatic rings. The van der Waals surface area contributed by atoms with Crippen LogP contribution < -0.4 is 5.32 Å². The third kappa shape index (κ3) is 5.01. The van der Waals surface area contributed by atoms with E-state index in [1.807, 2.05) is 6.07 Å². The lowest BCUT2D eigenvalue weighted by Gasteiger charge is -2.34. The number of furan rings is 1. The molecular formula is C29H30N3OS-. The molecule has 0 saturated carbocycles. The maximum Gasteiger partial charge on any atom is 0.0973 e. The van der Waals surface area contributed by atoms with Crippen molar-refractivity contribution in [2.75, 3.05) is 6.54 Å². The summed E-state index contributed by atoms with van der Waals surface area (Å²) in [6.07, 6.45) is 5.37. The number of nitrogens with one attached hydrogen (secondary N) is 1. The van der Waals surface area contributed by atoms with Crippen molar-refractivity contribution in [1.29, 1.82) is 0 Å². The third-order valence-corrected chi connectivity index (χ3v) is 7.20. The Kier molecular flexibility index (Phi) is 6.66. The molecule has 2 aromatic heterocycles. The molecule has 2 aromatic carbocycles. The molecule has 5 rings (SSSR count). The van der Waals surface area contributed by atoms with Crippen molar-refractivity contribution in [1.82, 2.24) is 5.32 Å². The summed E-state index contributed by atoms with van der Waals surface area (Å²) in [5, 5.41) is 9.54. The summed E-state index contributed by atoms with van der Waals surface area (Å²) < 4.78 is 5.24. The van der Waals surface area contributed by atoms with Crippen LogP contribution in [-0.2, 0) is 6.42 Å². The standard InChI is InChI=1S/C29H30N3OS/c1-19(2)22-10-12-24(13-11-22)23-8-6-21(7-9-23)5-4-15-30-28-26-17-20(3)34-29(26)32-27(31-28)25-14-16-33-18-25/h6-14,16-19,28,30H,4-5,15H2,1-3H3/q-1. The molecule has 174 valence electrons. The number of benzene rings is 2. The van der Waals surface area contributed by atoms with Crippen LogP contribution in [0.1, 0.15) is 59.5 Å². The molecule has 1 unspecified atom stereocenters. The van der Waals surface area contributed by atoms with E-state index in [2.05, 4.69) is 80.7 Å². The number of hydrogen-bond acceptors (Lipinski definition) is 4. The second-order valence-corrected chi connectivity index (χ2v) is 10.4. The molecule has 0 radical (unpaired) electrons. The van der Waals surface area contributed by atoms with E-state index in [1.165, 1.54) is 32.7 Å². The second kappa shape index (κ2) is 10.00. The summed E-state index contributed by atoms with van der Waals surface area (Å²) >= 11 is 1.71. The molecule has 1 aliphatic heterocycles. The van der Waals surface area contributed by atoms with Crippen LogP contribution in [-0.4, -0.2) is 12.4 Å². The number of thiophene rings is 1. The average Bonchev–Trinajstić information content (AvgIpc) is 3.51. The highest BCUT2D eigenvalue weighted by Gasteiger charge is 2.17. The Morgan fingerprint density at radius 1 is 1.00 bits per heavy atom. The molecule has 0 spiro atoms. The SMILES string of the molecule is Cc1cc2c(s1)N=C(c1ccoc1)[N-]C2NCCCc1ccc(-c2ccc(C(C)C)cc2)cc1. The van der Waals surface area contributed by atoms with Crippen molar-refractivity contribution in [2.24, 2.45) is 4.99 Å². The van der Waals surface area contributed by atoms with Crippen LogP contribution in [0.15, 0.2) is 82.6 Å².